The lowest BCUT2D eigenvalue weighted by Crippen LogP contribution is -2.40. The van der Waals surface area contributed by atoms with Crippen LogP contribution in [-0.4, -0.2) is 53.0 Å². The van der Waals surface area contributed by atoms with Crippen LogP contribution in [0.3, 0.4) is 0 Å². The van der Waals surface area contributed by atoms with Gasteiger partial charge in [-0.1, -0.05) is 23.8 Å². The number of aryl methyl sites for hydroxylation is 1. The number of nitrogens with zero attached hydrogens (tertiary/aromatic N) is 3. The number of piperidine rings is 1. The molecule has 11 nitrogen and oxygen atoms in total. The van der Waals surface area contributed by atoms with Crippen molar-refractivity contribution in [2.24, 2.45) is 5.92 Å². The first kappa shape index (κ1) is 28.8. The maximum Gasteiger partial charge on any atom is 0.309 e. The van der Waals surface area contributed by atoms with Gasteiger partial charge in [0.15, 0.2) is 22.9 Å². The van der Waals surface area contributed by atoms with Crippen LogP contribution in [0, 0.1) is 12.8 Å². The molecule has 11 heteroatoms. The fraction of sp³-hybridized carbons (Fsp3) is 0.273. The van der Waals surface area contributed by atoms with E-state index in [-0.39, 0.29) is 36.0 Å². The van der Waals surface area contributed by atoms with Gasteiger partial charge >= 0.3 is 5.97 Å². The minimum absolute atomic E-state index is 0.123. The second kappa shape index (κ2) is 12.5. The number of anilines is 2. The number of aromatic nitrogens is 2. The van der Waals surface area contributed by atoms with Gasteiger partial charge in [-0.3, -0.25) is 14.4 Å². The molecule has 0 bridgehead atoms. The molecule has 1 aromatic heterocycles. The molecule has 4 aromatic rings. The highest BCUT2D eigenvalue weighted by Gasteiger charge is 2.29. The summed E-state index contributed by atoms with van der Waals surface area (Å²) >= 11 is 0. The summed E-state index contributed by atoms with van der Waals surface area (Å²) in [5, 5.41) is 7.56. The molecule has 0 unspecified atom stereocenters. The summed E-state index contributed by atoms with van der Waals surface area (Å²) in [4.78, 5) is 41.1. The summed E-state index contributed by atoms with van der Waals surface area (Å²) in [5.74, 6) is 1.21. The lowest BCUT2D eigenvalue weighted by Gasteiger charge is -2.31. The lowest BCUT2D eigenvalue weighted by atomic mass is 9.96. The third kappa shape index (κ3) is 6.07. The van der Waals surface area contributed by atoms with Crippen LogP contribution in [0.5, 0.6) is 23.0 Å². The Bertz CT molecular complexity index is 1740. The number of carbonyl (C=O) groups excluding carboxylic acids is 2. The number of benzene rings is 3. The van der Waals surface area contributed by atoms with Gasteiger partial charge in [0.1, 0.15) is 5.75 Å². The van der Waals surface area contributed by atoms with Gasteiger partial charge in [0, 0.05) is 30.4 Å². The Morgan fingerprint density at radius 3 is 2.55 bits per heavy atom. The first-order valence-corrected chi connectivity index (χ1v) is 14.5. The monoisotopic (exact) mass is 596 g/mol. The van der Waals surface area contributed by atoms with E-state index in [0.717, 1.165) is 5.56 Å². The van der Waals surface area contributed by atoms with Crippen molar-refractivity contribution < 1.29 is 28.5 Å². The zero-order chi connectivity index (χ0) is 30.6. The maximum atomic E-state index is 13.9. The number of amides is 1. The largest absolute Gasteiger partial charge is 0.466 e. The van der Waals surface area contributed by atoms with Crippen LogP contribution >= 0.6 is 0 Å². The van der Waals surface area contributed by atoms with Gasteiger partial charge in [-0.25, -0.2) is 0 Å². The molecule has 1 N–H and O–H groups in total. The van der Waals surface area contributed by atoms with E-state index in [1.165, 1.54) is 10.9 Å². The minimum Gasteiger partial charge on any atom is -0.466 e. The van der Waals surface area contributed by atoms with Crippen molar-refractivity contribution in [1.29, 1.82) is 0 Å². The third-order valence-corrected chi connectivity index (χ3v) is 7.57. The highest BCUT2D eigenvalue weighted by atomic mass is 16.7. The molecule has 0 radical (unpaired) electrons. The number of nitrogens with one attached hydrogen (secondary N) is 1. The predicted octanol–water partition coefficient (Wildman–Crippen LogP) is 5.22. The molecule has 0 atom stereocenters. The summed E-state index contributed by atoms with van der Waals surface area (Å²) in [6, 6.07) is 19.5. The van der Waals surface area contributed by atoms with E-state index in [9.17, 15) is 14.4 Å². The quantitative estimate of drug-likeness (QED) is 0.273. The highest BCUT2D eigenvalue weighted by Crippen LogP contribution is 2.38. The molecule has 0 spiro atoms. The fourth-order valence-corrected chi connectivity index (χ4v) is 5.20. The standard InChI is InChI=1S/C33H32N4O7/c1-3-41-33(40)22-13-15-36(16-14-22)31(38)23-5-4-6-24(17-23)35-30-29(44-26-11-12-27-28(18-26)43-20-42-27)19-34-37(32(30)39)25-9-7-21(2)8-10-25/h4-12,17-19,22,35H,3,13-16,20H2,1-2H3. The summed E-state index contributed by atoms with van der Waals surface area (Å²) in [7, 11) is 0. The SMILES string of the molecule is CCOC(=O)C1CCN(C(=O)c2cccc(Nc3c(Oc4ccc5c(c4)OCO5)cnn(-c4ccc(C)cc4)c3=O)c2)CC1. The second-order valence-corrected chi connectivity index (χ2v) is 10.6. The van der Waals surface area contributed by atoms with Gasteiger partial charge in [-0.15, -0.1) is 0 Å². The van der Waals surface area contributed by atoms with Gasteiger partial charge in [-0.05, 0) is 69.2 Å². The van der Waals surface area contributed by atoms with Crippen LogP contribution in [0.2, 0.25) is 0 Å². The topological polar surface area (TPSA) is 121 Å². The first-order valence-electron chi connectivity index (χ1n) is 14.5. The Morgan fingerprint density at radius 2 is 1.77 bits per heavy atom. The van der Waals surface area contributed by atoms with E-state index in [2.05, 4.69) is 10.4 Å². The molecule has 6 rings (SSSR count). The van der Waals surface area contributed by atoms with Gasteiger partial charge in [0.05, 0.1) is 24.4 Å². The summed E-state index contributed by atoms with van der Waals surface area (Å²) in [5.41, 5.74) is 2.31. The molecule has 226 valence electrons. The highest BCUT2D eigenvalue weighted by molar-refractivity contribution is 5.95. The second-order valence-electron chi connectivity index (χ2n) is 10.6. The van der Waals surface area contributed by atoms with Crippen molar-refractivity contribution >= 4 is 23.3 Å². The van der Waals surface area contributed by atoms with Gasteiger partial charge < -0.3 is 29.2 Å². The molecule has 1 saturated heterocycles. The van der Waals surface area contributed by atoms with Crippen LogP contribution < -0.4 is 25.1 Å². The maximum absolute atomic E-state index is 13.9. The van der Waals surface area contributed by atoms with E-state index in [1.54, 1.807) is 54.3 Å². The number of esters is 1. The zero-order valence-electron chi connectivity index (χ0n) is 24.4. The van der Waals surface area contributed by atoms with E-state index in [0.29, 0.717) is 66.7 Å². The number of rotatable bonds is 8. The van der Waals surface area contributed by atoms with Crippen molar-refractivity contribution in [2.75, 3.05) is 31.8 Å². The first-order chi connectivity index (χ1) is 21.4. The summed E-state index contributed by atoms with van der Waals surface area (Å²) in [6.45, 7) is 5.13. The molecule has 1 fully saturated rings. The van der Waals surface area contributed by atoms with Crippen molar-refractivity contribution in [3.8, 4) is 28.7 Å². The van der Waals surface area contributed by atoms with E-state index in [4.69, 9.17) is 18.9 Å². The molecule has 3 heterocycles. The molecule has 2 aliphatic rings. The zero-order valence-corrected chi connectivity index (χ0v) is 24.4. The Kier molecular flexibility index (Phi) is 8.18. The summed E-state index contributed by atoms with van der Waals surface area (Å²) < 4.78 is 23.4. The third-order valence-electron chi connectivity index (χ3n) is 7.57. The number of likely N-dealkylation sites (tertiary alicyclic amines) is 1. The van der Waals surface area contributed by atoms with E-state index in [1.807, 2.05) is 31.2 Å². The molecular formula is C33H32N4O7. The van der Waals surface area contributed by atoms with E-state index >= 15 is 0 Å². The van der Waals surface area contributed by atoms with Gasteiger partial charge in [-0.2, -0.15) is 9.78 Å². The van der Waals surface area contributed by atoms with Crippen LogP contribution in [0.15, 0.2) is 77.7 Å². The Balaban J connectivity index is 1.28. The molecular weight excluding hydrogens is 564 g/mol. The number of hydrogen-bond donors (Lipinski definition) is 1. The smallest absolute Gasteiger partial charge is 0.309 e. The Labute approximate surface area is 253 Å². The fourth-order valence-electron chi connectivity index (χ4n) is 5.20. The van der Waals surface area contributed by atoms with Crippen molar-refractivity contribution in [1.82, 2.24) is 14.7 Å². The van der Waals surface area contributed by atoms with Crippen molar-refractivity contribution in [3.05, 3.63) is 94.4 Å². The molecule has 1 amide bonds. The number of ether oxygens (including phenoxy) is 4. The molecule has 0 saturated carbocycles. The van der Waals surface area contributed by atoms with Crippen molar-refractivity contribution in [3.63, 3.8) is 0 Å². The van der Waals surface area contributed by atoms with Gasteiger partial charge in [0.25, 0.3) is 11.5 Å². The van der Waals surface area contributed by atoms with Crippen LogP contribution in [-0.2, 0) is 9.53 Å². The van der Waals surface area contributed by atoms with E-state index < -0.39 is 5.56 Å². The van der Waals surface area contributed by atoms with Crippen LogP contribution in [0.25, 0.3) is 5.69 Å². The van der Waals surface area contributed by atoms with Gasteiger partial charge in [0.2, 0.25) is 6.79 Å². The number of fused-ring (bicyclic) bond motifs is 1. The average molecular weight is 597 g/mol. The van der Waals surface area contributed by atoms with Crippen molar-refractivity contribution in [2.45, 2.75) is 26.7 Å². The average Bonchev–Trinajstić information content (AvgIpc) is 3.51. The van der Waals surface area contributed by atoms with Crippen LogP contribution in [0.1, 0.15) is 35.7 Å². The summed E-state index contributed by atoms with van der Waals surface area (Å²) in [6.07, 6.45) is 2.58. The Morgan fingerprint density at radius 1 is 1.00 bits per heavy atom. The molecule has 0 aliphatic carbocycles. The minimum atomic E-state index is -0.440. The predicted molar refractivity (Wildman–Crippen MR) is 162 cm³/mol. The molecule has 44 heavy (non-hydrogen) atoms. The number of carbonyl (C=O) groups is 2. The number of hydrogen-bond acceptors (Lipinski definition) is 9. The lowest BCUT2D eigenvalue weighted by molar-refractivity contribution is -0.149. The molecule has 2 aliphatic heterocycles. The Hall–Kier alpha value is -5.32. The molecule has 3 aromatic carbocycles. The van der Waals surface area contributed by atoms with Crippen LogP contribution in [0.4, 0.5) is 11.4 Å². The normalized spacial score (nSPS) is 14.3.